The van der Waals surface area contributed by atoms with Gasteiger partial charge < -0.3 is 24.6 Å². The number of nitrogens with zero attached hydrogens (tertiary/aromatic N) is 2. The van der Waals surface area contributed by atoms with Crippen LogP contribution in [0.25, 0.3) is 0 Å². The maximum absolute atomic E-state index is 12.7. The Balaban J connectivity index is 1.23. The molecule has 3 aliphatic rings. The van der Waals surface area contributed by atoms with Crippen LogP contribution in [-0.4, -0.2) is 74.4 Å². The van der Waals surface area contributed by atoms with Gasteiger partial charge in [-0.25, -0.2) is 4.79 Å². The van der Waals surface area contributed by atoms with Crippen molar-refractivity contribution in [1.29, 1.82) is 0 Å². The lowest BCUT2D eigenvalue weighted by molar-refractivity contribution is 0.124. The largest absolute Gasteiger partial charge is 0.491 e. The van der Waals surface area contributed by atoms with E-state index in [2.05, 4.69) is 43.2 Å². The normalized spacial score (nSPS) is 25.2. The Bertz CT molecular complexity index is 756. The van der Waals surface area contributed by atoms with Crippen LogP contribution in [0.3, 0.4) is 0 Å². The summed E-state index contributed by atoms with van der Waals surface area (Å²) in [5.74, 6) is 1.54. The predicted octanol–water partition coefficient (Wildman–Crippen LogP) is 4.46. The lowest BCUT2D eigenvalue weighted by atomic mass is 9.93. The lowest BCUT2D eigenvalue weighted by Crippen LogP contribution is -2.57. The topological polar surface area (TPSA) is 54.0 Å². The van der Waals surface area contributed by atoms with E-state index >= 15 is 0 Å². The minimum absolute atomic E-state index is 0.165. The first kappa shape index (κ1) is 23.8. The third-order valence-corrected chi connectivity index (χ3v) is 8.03. The molecule has 0 bridgehead atoms. The van der Waals surface area contributed by atoms with E-state index in [0.717, 1.165) is 49.2 Å². The molecule has 1 N–H and O–H groups in total. The summed E-state index contributed by atoms with van der Waals surface area (Å²) in [6, 6.07) is 7.16. The maximum atomic E-state index is 12.7. The van der Waals surface area contributed by atoms with Gasteiger partial charge in [0.1, 0.15) is 12.4 Å². The van der Waals surface area contributed by atoms with Crippen molar-refractivity contribution in [2.24, 2.45) is 5.92 Å². The molecule has 2 aliphatic heterocycles. The van der Waals surface area contributed by atoms with Gasteiger partial charge in [-0.05, 0) is 68.3 Å². The number of hydrogen-bond donors (Lipinski definition) is 1. The van der Waals surface area contributed by atoms with Crippen LogP contribution in [-0.2, 0) is 11.2 Å². The van der Waals surface area contributed by atoms with Gasteiger partial charge in [0.05, 0.1) is 6.61 Å². The summed E-state index contributed by atoms with van der Waals surface area (Å²) in [5.41, 5.74) is 1.31. The van der Waals surface area contributed by atoms with Crippen molar-refractivity contribution >= 4 is 22.0 Å². The van der Waals surface area contributed by atoms with Gasteiger partial charge in [0.25, 0.3) is 0 Å². The molecule has 2 atom stereocenters. The minimum Gasteiger partial charge on any atom is -0.491 e. The van der Waals surface area contributed by atoms with Gasteiger partial charge >= 0.3 is 6.03 Å². The van der Waals surface area contributed by atoms with Crippen molar-refractivity contribution < 1.29 is 14.3 Å². The fraction of sp³-hybridized carbons (Fsp3) is 0.720. The molecule has 3 fully saturated rings. The molecule has 2 amide bonds. The van der Waals surface area contributed by atoms with E-state index in [1.807, 2.05) is 6.07 Å². The molecule has 1 aromatic rings. The smallest absolute Gasteiger partial charge is 0.317 e. The number of nitrogens with one attached hydrogen (secondary N) is 1. The Morgan fingerprint density at radius 2 is 1.94 bits per heavy atom. The molecule has 0 aromatic heterocycles. The van der Waals surface area contributed by atoms with Crippen LogP contribution in [0.15, 0.2) is 22.7 Å². The average molecular weight is 509 g/mol. The van der Waals surface area contributed by atoms with Gasteiger partial charge in [-0.15, -0.1) is 0 Å². The number of likely N-dealkylation sites (tertiary alicyclic amines) is 1. The summed E-state index contributed by atoms with van der Waals surface area (Å²) in [6.45, 7) is 5.27. The molecule has 0 radical (unpaired) electrons. The molecule has 178 valence electrons. The van der Waals surface area contributed by atoms with Gasteiger partial charge in [0, 0.05) is 43.3 Å². The molecule has 0 spiro atoms. The number of halogens is 1. The third-order valence-electron chi connectivity index (χ3n) is 7.25. The quantitative estimate of drug-likeness (QED) is 0.501. The van der Waals surface area contributed by atoms with Gasteiger partial charge in [-0.1, -0.05) is 35.2 Å². The molecule has 2 saturated heterocycles. The summed E-state index contributed by atoms with van der Waals surface area (Å²) in [6.07, 6.45) is 9.54. The number of urea groups is 1. The standard InChI is InChI=1S/C25H38BrN3O3/c1-31-13-14-32-23-7-8-24(26)20(16-23)15-19-9-11-28(17-19)18-21-10-12-29(25(30)27-21)22-5-3-2-4-6-22/h7-8,16,19,21-22H,2-6,9-15,17-18H2,1H3,(H,27,30). The Hall–Kier alpha value is -1.31. The summed E-state index contributed by atoms with van der Waals surface area (Å²) >= 11 is 3.71. The summed E-state index contributed by atoms with van der Waals surface area (Å²) < 4.78 is 12.0. The van der Waals surface area contributed by atoms with Gasteiger partial charge in [-0.2, -0.15) is 0 Å². The Morgan fingerprint density at radius 1 is 1.09 bits per heavy atom. The molecular formula is C25H38BrN3O3. The highest BCUT2D eigenvalue weighted by Gasteiger charge is 2.33. The number of ether oxygens (including phenoxy) is 2. The van der Waals surface area contributed by atoms with E-state index in [9.17, 15) is 4.79 Å². The first-order valence-electron chi connectivity index (χ1n) is 12.3. The Morgan fingerprint density at radius 3 is 2.72 bits per heavy atom. The Labute approximate surface area is 201 Å². The van der Waals surface area contributed by atoms with E-state index in [0.29, 0.717) is 25.2 Å². The maximum Gasteiger partial charge on any atom is 0.317 e. The fourth-order valence-corrected chi connectivity index (χ4v) is 5.92. The molecule has 6 nitrogen and oxygen atoms in total. The van der Waals surface area contributed by atoms with Crippen LogP contribution >= 0.6 is 15.9 Å². The first-order chi connectivity index (χ1) is 15.6. The number of benzene rings is 1. The molecule has 2 unspecified atom stereocenters. The lowest BCUT2D eigenvalue weighted by Gasteiger charge is -2.40. The van der Waals surface area contributed by atoms with Crippen molar-refractivity contribution in [3.63, 3.8) is 0 Å². The van der Waals surface area contributed by atoms with Crippen molar-refractivity contribution in [2.75, 3.05) is 46.5 Å². The van der Waals surface area contributed by atoms with E-state index < -0.39 is 0 Å². The number of methoxy groups -OCH3 is 1. The zero-order valence-electron chi connectivity index (χ0n) is 19.4. The van der Waals surface area contributed by atoms with Crippen LogP contribution in [0.1, 0.15) is 50.5 Å². The highest BCUT2D eigenvalue weighted by molar-refractivity contribution is 9.10. The van der Waals surface area contributed by atoms with Crippen LogP contribution in [0.2, 0.25) is 0 Å². The second-order valence-corrected chi connectivity index (χ2v) is 10.5. The summed E-state index contributed by atoms with van der Waals surface area (Å²) in [5, 5.41) is 3.31. The number of hydrogen-bond acceptors (Lipinski definition) is 4. The number of rotatable bonds is 9. The third kappa shape index (κ3) is 6.39. The van der Waals surface area contributed by atoms with Crippen LogP contribution in [0.5, 0.6) is 5.75 Å². The average Bonchev–Trinajstić information content (AvgIpc) is 3.23. The fourth-order valence-electron chi connectivity index (χ4n) is 5.51. The van der Waals surface area contributed by atoms with Crippen molar-refractivity contribution in [1.82, 2.24) is 15.1 Å². The first-order valence-corrected chi connectivity index (χ1v) is 13.1. The summed E-state index contributed by atoms with van der Waals surface area (Å²) in [7, 11) is 1.69. The molecule has 4 rings (SSSR count). The monoisotopic (exact) mass is 507 g/mol. The van der Waals surface area contributed by atoms with E-state index in [1.165, 1.54) is 44.1 Å². The van der Waals surface area contributed by atoms with E-state index in [1.54, 1.807) is 7.11 Å². The molecular weight excluding hydrogens is 470 g/mol. The van der Waals surface area contributed by atoms with Gasteiger partial charge in [0.15, 0.2) is 0 Å². The van der Waals surface area contributed by atoms with Gasteiger partial charge in [0.2, 0.25) is 0 Å². The van der Waals surface area contributed by atoms with Crippen LogP contribution in [0.4, 0.5) is 4.79 Å². The molecule has 1 aliphatic carbocycles. The second kappa shape index (κ2) is 11.7. The second-order valence-electron chi connectivity index (χ2n) is 9.63. The molecule has 7 heteroatoms. The highest BCUT2D eigenvalue weighted by atomic mass is 79.9. The highest BCUT2D eigenvalue weighted by Crippen LogP contribution is 2.29. The zero-order chi connectivity index (χ0) is 22.3. The van der Waals surface area contributed by atoms with E-state index in [-0.39, 0.29) is 12.1 Å². The molecule has 1 aromatic carbocycles. The van der Waals surface area contributed by atoms with Crippen molar-refractivity contribution in [2.45, 2.75) is 63.5 Å². The van der Waals surface area contributed by atoms with Gasteiger partial charge in [-0.3, -0.25) is 0 Å². The zero-order valence-corrected chi connectivity index (χ0v) is 20.9. The number of amides is 2. The SMILES string of the molecule is COCCOc1ccc(Br)c(CC2CCN(CC3CCN(C4CCCCC4)C(=O)N3)C2)c1. The number of carbonyl (C=O) groups is 1. The van der Waals surface area contributed by atoms with Crippen molar-refractivity contribution in [3.8, 4) is 5.75 Å². The minimum atomic E-state index is 0.165. The Kier molecular flexibility index (Phi) is 8.72. The van der Waals surface area contributed by atoms with Crippen LogP contribution in [0, 0.1) is 5.92 Å². The molecule has 32 heavy (non-hydrogen) atoms. The summed E-state index contributed by atoms with van der Waals surface area (Å²) in [4.78, 5) is 17.4. The van der Waals surface area contributed by atoms with Crippen molar-refractivity contribution in [3.05, 3.63) is 28.2 Å². The molecule has 2 heterocycles. The number of carbonyl (C=O) groups excluding carboxylic acids is 1. The van der Waals surface area contributed by atoms with Crippen LogP contribution < -0.4 is 10.1 Å². The van der Waals surface area contributed by atoms with E-state index in [4.69, 9.17) is 9.47 Å². The molecule has 1 saturated carbocycles. The predicted molar refractivity (Wildman–Crippen MR) is 130 cm³/mol.